The lowest BCUT2D eigenvalue weighted by Crippen LogP contribution is -2.22. The normalized spacial score (nSPS) is 28.1. The smallest absolute Gasteiger partial charge is 0.0478 e. The summed E-state index contributed by atoms with van der Waals surface area (Å²) >= 11 is 0. The third-order valence-corrected chi connectivity index (χ3v) is 3.03. The highest BCUT2D eigenvalue weighted by atomic mass is 16.3. The van der Waals surface area contributed by atoms with Crippen molar-refractivity contribution in [3.63, 3.8) is 0 Å². The molecule has 0 saturated carbocycles. The van der Waals surface area contributed by atoms with Crippen molar-refractivity contribution in [2.45, 2.75) is 12.5 Å². The maximum Gasteiger partial charge on any atom is 0.0478 e. The van der Waals surface area contributed by atoms with Gasteiger partial charge in [-0.1, -0.05) is 6.07 Å². The van der Waals surface area contributed by atoms with Crippen molar-refractivity contribution >= 4 is 0 Å². The van der Waals surface area contributed by atoms with E-state index in [0.717, 1.165) is 13.0 Å². The Balaban J connectivity index is 2.23. The first-order valence-corrected chi connectivity index (χ1v) is 5.04. The quantitative estimate of drug-likeness (QED) is 0.761. The number of likely N-dealkylation sites (tertiary alicyclic amines) is 1. The molecule has 1 aromatic heterocycles. The summed E-state index contributed by atoms with van der Waals surface area (Å²) in [6.07, 6.45) is 4.76. The average Bonchev–Trinajstić information content (AvgIpc) is 2.61. The molecule has 0 aliphatic carbocycles. The van der Waals surface area contributed by atoms with Gasteiger partial charge in [0.1, 0.15) is 0 Å². The van der Waals surface area contributed by atoms with Crippen LogP contribution in [0.1, 0.15) is 18.0 Å². The first kappa shape index (κ1) is 9.62. The molecule has 0 amide bonds. The molecule has 1 N–H and O–H groups in total. The van der Waals surface area contributed by atoms with E-state index in [9.17, 15) is 5.11 Å². The third-order valence-electron chi connectivity index (χ3n) is 3.03. The third kappa shape index (κ3) is 1.65. The van der Waals surface area contributed by atoms with Crippen molar-refractivity contribution in [1.29, 1.82) is 0 Å². The average molecular weight is 192 g/mol. The predicted molar refractivity (Wildman–Crippen MR) is 54.8 cm³/mol. The molecule has 3 nitrogen and oxygen atoms in total. The predicted octanol–water partition coefficient (Wildman–Crippen LogP) is 1.07. The Bertz CT molecular complexity index is 289. The molecule has 0 spiro atoms. The number of hydrogen-bond acceptors (Lipinski definition) is 3. The molecule has 2 atom stereocenters. The summed E-state index contributed by atoms with van der Waals surface area (Å²) in [4.78, 5) is 6.41. The van der Waals surface area contributed by atoms with Crippen molar-refractivity contribution < 1.29 is 5.11 Å². The number of rotatable bonds is 2. The Morgan fingerprint density at radius 3 is 3.14 bits per heavy atom. The summed E-state index contributed by atoms with van der Waals surface area (Å²) in [5.41, 5.74) is 1.21. The van der Waals surface area contributed by atoms with E-state index < -0.39 is 0 Å². The molecule has 0 radical (unpaired) electrons. The zero-order valence-corrected chi connectivity index (χ0v) is 8.43. The van der Waals surface area contributed by atoms with Crippen LogP contribution in [0.2, 0.25) is 0 Å². The Labute approximate surface area is 84.4 Å². The Morgan fingerprint density at radius 2 is 2.50 bits per heavy atom. The lowest BCUT2D eigenvalue weighted by molar-refractivity contribution is 0.182. The van der Waals surface area contributed by atoms with Crippen molar-refractivity contribution in [2.24, 2.45) is 5.92 Å². The lowest BCUT2D eigenvalue weighted by atomic mass is 9.96. The van der Waals surface area contributed by atoms with Crippen LogP contribution in [0.4, 0.5) is 0 Å². The van der Waals surface area contributed by atoms with Crippen LogP contribution in [0.5, 0.6) is 0 Å². The van der Waals surface area contributed by atoms with E-state index in [1.54, 1.807) is 6.20 Å². The van der Waals surface area contributed by atoms with Crippen LogP contribution in [0.25, 0.3) is 0 Å². The molecule has 14 heavy (non-hydrogen) atoms. The van der Waals surface area contributed by atoms with Crippen molar-refractivity contribution in [3.05, 3.63) is 30.1 Å². The molecule has 1 unspecified atom stereocenters. The molecule has 0 aromatic carbocycles. The maximum absolute atomic E-state index is 9.27. The highest BCUT2D eigenvalue weighted by Gasteiger charge is 2.32. The summed E-state index contributed by atoms with van der Waals surface area (Å²) in [6, 6.07) is 4.38. The van der Waals surface area contributed by atoms with Gasteiger partial charge in [-0.05, 0) is 31.6 Å². The van der Waals surface area contributed by atoms with Crippen LogP contribution < -0.4 is 0 Å². The van der Waals surface area contributed by atoms with Crippen LogP contribution in [-0.4, -0.2) is 35.2 Å². The van der Waals surface area contributed by atoms with Crippen LogP contribution in [0.3, 0.4) is 0 Å². The van der Waals surface area contributed by atoms with Gasteiger partial charge in [-0.3, -0.25) is 9.88 Å². The molecule has 1 aliphatic rings. The Kier molecular flexibility index (Phi) is 2.79. The minimum Gasteiger partial charge on any atom is -0.396 e. The summed E-state index contributed by atoms with van der Waals surface area (Å²) < 4.78 is 0. The number of pyridine rings is 1. The molecule has 0 bridgehead atoms. The monoisotopic (exact) mass is 192 g/mol. The van der Waals surface area contributed by atoms with Gasteiger partial charge >= 0.3 is 0 Å². The molecule has 1 fully saturated rings. The number of aliphatic hydroxyl groups is 1. The summed E-state index contributed by atoms with van der Waals surface area (Å²) in [5, 5.41) is 9.27. The van der Waals surface area contributed by atoms with Crippen LogP contribution in [-0.2, 0) is 0 Å². The Hall–Kier alpha value is -0.930. The van der Waals surface area contributed by atoms with Crippen LogP contribution in [0.15, 0.2) is 24.5 Å². The first-order chi connectivity index (χ1) is 6.83. The molecule has 3 heteroatoms. The summed E-state index contributed by atoms with van der Waals surface area (Å²) in [7, 11) is 2.10. The molecule has 76 valence electrons. The van der Waals surface area contributed by atoms with Gasteiger partial charge in [0.2, 0.25) is 0 Å². The molecule has 1 aliphatic heterocycles. The van der Waals surface area contributed by atoms with E-state index >= 15 is 0 Å². The standard InChI is InChI=1S/C11H16N2O/c1-13-6-4-10(8-14)11(13)9-3-2-5-12-7-9/h2-3,5,7,10-11,14H,4,6,8H2,1H3/t10?,11-/m0/s1. The number of aliphatic hydroxyl groups excluding tert-OH is 1. The van der Waals surface area contributed by atoms with Gasteiger partial charge in [-0.2, -0.15) is 0 Å². The zero-order valence-electron chi connectivity index (χ0n) is 8.43. The van der Waals surface area contributed by atoms with E-state index in [1.807, 2.05) is 12.3 Å². The SMILES string of the molecule is CN1CCC(CO)[C@@H]1c1cccnc1. The number of hydrogen-bond donors (Lipinski definition) is 1. The van der Waals surface area contributed by atoms with E-state index in [1.165, 1.54) is 5.56 Å². The van der Waals surface area contributed by atoms with Gasteiger partial charge in [0.15, 0.2) is 0 Å². The van der Waals surface area contributed by atoms with E-state index in [4.69, 9.17) is 0 Å². The van der Waals surface area contributed by atoms with Crippen LogP contribution >= 0.6 is 0 Å². The van der Waals surface area contributed by atoms with E-state index in [2.05, 4.69) is 23.0 Å². The lowest BCUT2D eigenvalue weighted by Gasteiger charge is -2.23. The van der Waals surface area contributed by atoms with E-state index in [-0.39, 0.29) is 6.61 Å². The van der Waals surface area contributed by atoms with Gasteiger partial charge in [0, 0.05) is 31.0 Å². The fourth-order valence-corrected chi connectivity index (χ4v) is 2.30. The largest absolute Gasteiger partial charge is 0.396 e. The number of nitrogens with zero attached hydrogens (tertiary/aromatic N) is 2. The van der Waals surface area contributed by atoms with E-state index in [0.29, 0.717) is 12.0 Å². The number of aromatic nitrogens is 1. The minimum atomic E-state index is 0.268. The summed E-state index contributed by atoms with van der Waals surface area (Å²) in [6.45, 7) is 1.33. The maximum atomic E-state index is 9.27. The fourth-order valence-electron chi connectivity index (χ4n) is 2.30. The highest BCUT2D eigenvalue weighted by molar-refractivity contribution is 5.16. The minimum absolute atomic E-state index is 0.268. The van der Waals surface area contributed by atoms with Crippen molar-refractivity contribution in [1.82, 2.24) is 9.88 Å². The molecule has 2 heterocycles. The zero-order chi connectivity index (χ0) is 9.97. The fraction of sp³-hybridized carbons (Fsp3) is 0.545. The topological polar surface area (TPSA) is 36.4 Å². The second-order valence-corrected chi connectivity index (χ2v) is 3.94. The second kappa shape index (κ2) is 4.07. The van der Waals surface area contributed by atoms with Crippen molar-refractivity contribution in [3.8, 4) is 0 Å². The van der Waals surface area contributed by atoms with Gasteiger partial charge < -0.3 is 5.11 Å². The Morgan fingerprint density at radius 1 is 1.64 bits per heavy atom. The highest BCUT2D eigenvalue weighted by Crippen LogP contribution is 2.34. The molecule has 1 aromatic rings. The van der Waals surface area contributed by atoms with Gasteiger partial charge in [-0.15, -0.1) is 0 Å². The molecular formula is C11H16N2O. The first-order valence-electron chi connectivity index (χ1n) is 5.04. The van der Waals surface area contributed by atoms with Gasteiger partial charge in [0.25, 0.3) is 0 Å². The second-order valence-electron chi connectivity index (χ2n) is 3.94. The van der Waals surface area contributed by atoms with Gasteiger partial charge in [-0.25, -0.2) is 0 Å². The molecule has 2 rings (SSSR count). The molecular weight excluding hydrogens is 176 g/mol. The van der Waals surface area contributed by atoms with Crippen molar-refractivity contribution in [2.75, 3.05) is 20.2 Å². The van der Waals surface area contributed by atoms with Gasteiger partial charge in [0.05, 0.1) is 0 Å². The van der Waals surface area contributed by atoms with Crippen LogP contribution in [0, 0.1) is 5.92 Å². The summed E-state index contributed by atoms with van der Waals surface area (Å²) in [5.74, 6) is 0.365. The molecule has 1 saturated heterocycles.